The predicted molar refractivity (Wildman–Crippen MR) is 102 cm³/mol. The molecule has 1 saturated heterocycles. The fourth-order valence-electron chi connectivity index (χ4n) is 3.01. The van der Waals surface area contributed by atoms with Crippen molar-refractivity contribution in [3.8, 4) is 0 Å². The van der Waals surface area contributed by atoms with Crippen molar-refractivity contribution in [1.29, 1.82) is 0 Å². The van der Waals surface area contributed by atoms with Gasteiger partial charge in [-0.15, -0.1) is 24.8 Å². The zero-order valence-corrected chi connectivity index (χ0v) is 16.8. The summed E-state index contributed by atoms with van der Waals surface area (Å²) in [6.45, 7) is 7.73. The average molecular weight is 422 g/mol. The Hall–Kier alpha value is -0.200. The largest absolute Gasteiger partial charge is 0.417 e. The first kappa shape index (κ1) is 24.8. The molecule has 0 unspecified atom stereocenters. The van der Waals surface area contributed by atoms with Crippen molar-refractivity contribution in [2.45, 2.75) is 38.9 Å². The summed E-state index contributed by atoms with van der Waals surface area (Å²) >= 11 is 5.76. The standard InChI is InChI=1S/C17H24ClF3N2.2ClH/c1-12(2)3-6-16(23-9-7-22-8-10-23)13-4-5-15(18)14(11-13)17(19,20)21;;/h4-5,11-12,16,22H,3,6-10H2,1-2H3;2*1H/t16-;;/m0../s1. The highest BCUT2D eigenvalue weighted by Crippen LogP contribution is 2.38. The van der Waals surface area contributed by atoms with Gasteiger partial charge in [-0.3, -0.25) is 4.90 Å². The minimum atomic E-state index is -4.42. The summed E-state index contributed by atoms with van der Waals surface area (Å²) in [6.07, 6.45) is -2.58. The van der Waals surface area contributed by atoms with Crippen LogP contribution in [-0.2, 0) is 6.18 Å². The van der Waals surface area contributed by atoms with Gasteiger partial charge in [-0.2, -0.15) is 13.2 Å². The molecular formula is C17H26Cl3F3N2. The van der Waals surface area contributed by atoms with Crippen molar-refractivity contribution in [2.75, 3.05) is 26.2 Å². The van der Waals surface area contributed by atoms with Crippen LogP contribution in [0.4, 0.5) is 13.2 Å². The van der Waals surface area contributed by atoms with Crippen molar-refractivity contribution < 1.29 is 13.2 Å². The Kier molecular flexibility index (Phi) is 10.7. The normalized spacial score (nSPS) is 16.9. The summed E-state index contributed by atoms with van der Waals surface area (Å²) in [5.41, 5.74) is -0.0226. The lowest BCUT2D eigenvalue weighted by molar-refractivity contribution is -0.137. The number of nitrogens with zero attached hydrogens (tertiary/aromatic N) is 1. The second-order valence-corrected chi connectivity index (χ2v) is 6.92. The molecule has 1 fully saturated rings. The summed E-state index contributed by atoms with van der Waals surface area (Å²) in [4.78, 5) is 2.28. The van der Waals surface area contributed by atoms with E-state index in [0.29, 0.717) is 11.5 Å². The molecule has 2 nitrogen and oxygen atoms in total. The lowest BCUT2D eigenvalue weighted by Gasteiger charge is -2.36. The molecule has 0 saturated carbocycles. The molecule has 25 heavy (non-hydrogen) atoms. The molecule has 1 aromatic carbocycles. The average Bonchev–Trinajstić information content (AvgIpc) is 2.48. The van der Waals surface area contributed by atoms with Gasteiger partial charge in [0.25, 0.3) is 0 Å². The fraction of sp³-hybridized carbons (Fsp3) is 0.647. The number of nitrogens with one attached hydrogen (secondary N) is 1. The Balaban J connectivity index is 0.00000288. The summed E-state index contributed by atoms with van der Waals surface area (Å²) in [7, 11) is 0. The monoisotopic (exact) mass is 420 g/mol. The molecule has 0 bridgehead atoms. The number of rotatable bonds is 5. The number of halogens is 6. The highest BCUT2D eigenvalue weighted by molar-refractivity contribution is 6.31. The lowest BCUT2D eigenvalue weighted by Crippen LogP contribution is -2.45. The third-order valence-electron chi connectivity index (χ3n) is 4.29. The number of benzene rings is 1. The minimum absolute atomic E-state index is 0. The van der Waals surface area contributed by atoms with E-state index >= 15 is 0 Å². The van der Waals surface area contributed by atoms with Crippen molar-refractivity contribution >= 4 is 36.4 Å². The Bertz CT molecular complexity index is 518. The van der Waals surface area contributed by atoms with E-state index in [1.165, 1.54) is 12.1 Å². The second-order valence-electron chi connectivity index (χ2n) is 6.51. The van der Waals surface area contributed by atoms with Crippen molar-refractivity contribution in [2.24, 2.45) is 5.92 Å². The Morgan fingerprint density at radius 2 is 1.72 bits per heavy atom. The molecule has 1 aromatic rings. The van der Waals surface area contributed by atoms with Gasteiger partial charge in [0.1, 0.15) is 0 Å². The minimum Gasteiger partial charge on any atom is -0.314 e. The van der Waals surface area contributed by atoms with Crippen LogP contribution in [0, 0.1) is 5.92 Å². The maximum Gasteiger partial charge on any atom is 0.417 e. The zero-order valence-electron chi connectivity index (χ0n) is 14.4. The maximum atomic E-state index is 13.1. The van der Waals surface area contributed by atoms with Gasteiger partial charge in [-0.25, -0.2) is 0 Å². The number of hydrogen-bond acceptors (Lipinski definition) is 2. The van der Waals surface area contributed by atoms with Crippen LogP contribution in [0.1, 0.15) is 43.9 Å². The van der Waals surface area contributed by atoms with Crippen LogP contribution in [0.25, 0.3) is 0 Å². The van der Waals surface area contributed by atoms with Crippen molar-refractivity contribution in [3.63, 3.8) is 0 Å². The molecule has 2 rings (SSSR count). The van der Waals surface area contributed by atoms with E-state index in [2.05, 4.69) is 24.1 Å². The SMILES string of the molecule is CC(C)CC[C@@H](c1ccc(Cl)c(C(F)(F)F)c1)N1CCNCC1.Cl.Cl. The number of piperazine rings is 1. The van der Waals surface area contributed by atoms with Gasteiger partial charge in [0.15, 0.2) is 0 Å². The van der Waals surface area contributed by atoms with E-state index in [-0.39, 0.29) is 35.9 Å². The second kappa shape index (κ2) is 10.8. The first-order valence-corrected chi connectivity index (χ1v) is 8.48. The Labute approximate surface area is 165 Å². The van der Waals surface area contributed by atoms with Crippen molar-refractivity contribution in [3.05, 3.63) is 34.3 Å². The molecule has 0 radical (unpaired) electrons. The molecule has 0 aromatic heterocycles. The molecule has 146 valence electrons. The molecule has 1 N–H and O–H groups in total. The van der Waals surface area contributed by atoms with Gasteiger partial charge in [-0.1, -0.05) is 31.5 Å². The lowest BCUT2D eigenvalue weighted by atomic mass is 9.94. The van der Waals surface area contributed by atoms with E-state index in [1.54, 1.807) is 6.07 Å². The molecule has 1 aliphatic rings. The van der Waals surface area contributed by atoms with Crippen LogP contribution in [0.2, 0.25) is 5.02 Å². The first-order chi connectivity index (χ1) is 10.8. The molecule has 8 heteroatoms. The number of hydrogen-bond donors (Lipinski definition) is 1. The van der Waals surface area contributed by atoms with E-state index in [1.807, 2.05) is 0 Å². The maximum absolute atomic E-state index is 13.1. The topological polar surface area (TPSA) is 15.3 Å². The highest BCUT2D eigenvalue weighted by Gasteiger charge is 2.34. The third-order valence-corrected chi connectivity index (χ3v) is 4.62. The molecule has 0 spiro atoms. The molecule has 0 amide bonds. The zero-order chi connectivity index (χ0) is 17.0. The van der Waals surface area contributed by atoms with Crippen LogP contribution < -0.4 is 5.32 Å². The van der Waals surface area contributed by atoms with Crippen LogP contribution in [0.3, 0.4) is 0 Å². The van der Waals surface area contributed by atoms with E-state index in [9.17, 15) is 13.2 Å². The Morgan fingerprint density at radius 1 is 1.12 bits per heavy atom. The van der Waals surface area contributed by atoms with Gasteiger partial charge in [0, 0.05) is 32.2 Å². The van der Waals surface area contributed by atoms with Crippen LogP contribution in [0.15, 0.2) is 18.2 Å². The van der Waals surface area contributed by atoms with Gasteiger partial charge >= 0.3 is 6.18 Å². The van der Waals surface area contributed by atoms with Crippen LogP contribution in [0.5, 0.6) is 0 Å². The van der Waals surface area contributed by atoms with E-state index in [4.69, 9.17) is 11.6 Å². The molecule has 1 heterocycles. The van der Waals surface area contributed by atoms with Gasteiger partial charge in [-0.05, 0) is 36.5 Å². The van der Waals surface area contributed by atoms with Gasteiger partial charge < -0.3 is 5.32 Å². The molecule has 0 aliphatic carbocycles. The first-order valence-electron chi connectivity index (χ1n) is 8.10. The Morgan fingerprint density at radius 3 is 2.24 bits per heavy atom. The molecular weight excluding hydrogens is 396 g/mol. The smallest absolute Gasteiger partial charge is 0.314 e. The van der Waals surface area contributed by atoms with E-state index in [0.717, 1.165) is 39.0 Å². The van der Waals surface area contributed by atoms with Gasteiger partial charge in [0.05, 0.1) is 10.6 Å². The molecule has 1 atom stereocenters. The quantitative estimate of drug-likeness (QED) is 0.667. The molecule has 1 aliphatic heterocycles. The summed E-state index contributed by atoms with van der Waals surface area (Å²) in [5, 5.41) is 3.06. The highest BCUT2D eigenvalue weighted by atomic mass is 35.5. The summed E-state index contributed by atoms with van der Waals surface area (Å²) in [5.74, 6) is 0.523. The van der Waals surface area contributed by atoms with Crippen LogP contribution >= 0.6 is 36.4 Å². The van der Waals surface area contributed by atoms with Gasteiger partial charge in [0.2, 0.25) is 0 Å². The van der Waals surface area contributed by atoms with E-state index < -0.39 is 11.7 Å². The van der Waals surface area contributed by atoms with Crippen LogP contribution in [-0.4, -0.2) is 31.1 Å². The fourth-order valence-corrected chi connectivity index (χ4v) is 3.24. The number of alkyl halides is 3. The summed E-state index contributed by atoms with van der Waals surface area (Å²) < 4.78 is 39.4. The summed E-state index contributed by atoms with van der Waals surface area (Å²) in [6, 6.07) is 4.36. The van der Waals surface area contributed by atoms with Crippen molar-refractivity contribution in [1.82, 2.24) is 10.2 Å². The third kappa shape index (κ3) is 7.14. The predicted octanol–water partition coefficient (Wildman–Crippen LogP) is 5.58.